The Balaban J connectivity index is 1.73. The molecule has 0 bridgehead atoms. The first-order valence-electron chi connectivity index (χ1n) is 8.70. The van der Waals surface area contributed by atoms with Crippen molar-refractivity contribution in [1.29, 1.82) is 0 Å². The average molecular weight is 387 g/mol. The van der Waals surface area contributed by atoms with Crippen molar-refractivity contribution in [3.63, 3.8) is 0 Å². The van der Waals surface area contributed by atoms with Gasteiger partial charge < -0.3 is 5.11 Å². The number of phenols is 1. The summed E-state index contributed by atoms with van der Waals surface area (Å²) in [6, 6.07) is 12.5. The Morgan fingerprint density at radius 1 is 1.07 bits per heavy atom. The third-order valence-corrected chi connectivity index (χ3v) is 6.25. The van der Waals surface area contributed by atoms with Gasteiger partial charge in [-0.2, -0.15) is 9.41 Å². The minimum atomic E-state index is -3.61. The van der Waals surface area contributed by atoms with Crippen molar-refractivity contribution in [2.24, 2.45) is 5.10 Å². The van der Waals surface area contributed by atoms with Gasteiger partial charge in [-0.15, -0.1) is 0 Å². The predicted molar refractivity (Wildman–Crippen MR) is 102 cm³/mol. The summed E-state index contributed by atoms with van der Waals surface area (Å²) in [5.41, 5.74) is 3.00. The molecule has 1 saturated heterocycles. The van der Waals surface area contributed by atoms with Crippen LogP contribution in [0.3, 0.4) is 0 Å². The molecule has 2 N–H and O–H groups in total. The zero-order valence-corrected chi connectivity index (χ0v) is 15.5. The van der Waals surface area contributed by atoms with E-state index in [1.807, 2.05) is 0 Å². The number of piperidine rings is 1. The Morgan fingerprint density at radius 2 is 1.81 bits per heavy atom. The summed E-state index contributed by atoms with van der Waals surface area (Å²) in [5, 5.41) is 13.5. The molecule has 0 unspecified atom stereocenters. The fourth-order valence-corrected chi connectivity index (χ4v) is 4.44. The minimum Gasteiger partial charge on any atom is -0.507 e. The number of carbonyl (C=O) groups excluding carboxylic acids is 1. The number of aromatic hydroxyl groups is 1. The Kier molecular flexibility index (Phi) is 5.88. The second-order valence-electron chi connectivity index (χ2n) is 6.25. The van der Waals surface area contributed by atoms with Gasteiger partial charge in [-0.3, -0.25) is 4.79 Å². The standard InChI is InChI=1S/C19H21N3O4S/c23-18-10-3-2-7-16(18)14-20-21-19(24)15-8-6-9-17(13-15)27(25,26)22-11-4-1-5-12-22/h2-3,6-10,13-14,23H,1,4-5,11-12H2,(H,21,24). The highest BCUT2D eigenvalue weighted by Gasteiger charge is 2.26. The number of hydrogen-bond acceptors (Lipinski definition) is 5. The van der Waals surface area contributed by atoms with Crippen molar-refractivity contribution in [3.05, 3.63) is 59.7 Å². The topological polar surface area (TPSA) is 99.1 Å². The van der Waals surface area contributed by atoms with E-state index < -0.39 is 15.9 Å². The highest BCUT2D eigenvalue weighted by atomic mass is 32.2. The molecule has 3 rings (SSSR count). The Labute approximate surface area is 158 Å². The van der Waals surface area contributed by atoms with Crippen LogP contribution >= 0.6 is 0 Å². The monoisotopic (exact) mass is 387 g/mol. The lowest BCUT2D eigenvalue weighted by Gasteiger charge is -2.25. The van der Waals surface area contributed by atoms with Crippen molar-refractivity contribution < 1.29 is 18.3 Å². The number of nitrogens with zero attached hydrogens (tertiary/aromatic N) is 2. The molecule has 1 amide bonds. The van der Waals surface area contributed by atoms with Gasteiger partial charge in [-0.05, 0) is 43.2 Å². The van der Waals surface area contributed by atoms with Crippen molar-refractivity contribution in [1.82, 2.24) is 9.73 Å². The lowest BCUT2D eigenvalue weighted by molar-refractivity contribution is 0.0955. The Hall–Kier alpha value is -2.71. The summed E-state index contributed by atoms with van der Waals surface area (Å²) in [7, 11) is -3.61. The fraction of sp³-hybridized carbons (Fsp3) is 0.263. The zero-order valence-electron chi connectivity index (χ0n) is 14.7. The quantitative estimate of drug-likeness (QED) is 0.608. The van der Waals surface area contributed by atoms with Gasteiger partial charge in [-0.1, -0.05) is 24.6 Å². The number of benzene rings is 2. The second-order valence-corrected chi connectivity index (χ2v) is 8.19. The second kappa shape index (κ2) is 8.32. The van der Waals surface area contributed by atoms with Crippen LogP contribution in [0.4, 0.5) is 0 Å². The van der Waals surface area contributed by atoms with E-state index in [4.69, 9.17) is 0 Å². The smallest absolute Gasteiger partial charge is 0.271 e. The van der Waals surface area contributed by atoms with Crippen LogP contribution in [0.15, 0.2) is 58.5 Å². The van der Waals surface area contributed by atoms with E-state index in [2.05, 4.69) is 10.5 Å². The molecule has 1 aliphatic rings. The summed E-state index contributed by atoms with van der Waals surface area (Å²) in [6.45, 7) is 1.01. The summed E-state index contributed by atoms with van der Waals surface area (Å²) in [5.74, 6) is -0.484. The SMILES string of the molecule is O=C(NN=Cc1ccccc1O)c1cccc(S(=O)(=O)N2CCCCC2)c1. The molecule has 0 atom stereocenters. The molecular weight excluding hydrogens is 366 g/mol. The van der Waals surface area contributed by atoms with Crippen molar-refractivity contribution in [2.45, 2.75) is 24.2 Å². The number of carbonyl (C=O) groups is 1. The highest BCUT2D eigenvalue weighted by Crippen LogP contribution is 2.21. The van der Waals surface area contributed by atoms with Gasteiger partial charge in [-0.25, -0.2) is 13.8 Å². The van der Waals surface area contributed by atoms with Gasteiger partial charge in [0.05, 0.1) is 11.1 Å². The summed E-state index contributed by atoms with van der Waals surface area (Å²) in [4.78, 5) is 12.4. The van der Waals surface area contributed by atoms with Crippen molar-refractivity contribution >= 4 is 22.1 Å². The third kappa shape index (κ3) is 4.53. The van der Waals surface area contributed by atoms with E-state index in [9.17, 15) is 18.3 Å². The molecule has 2 aromatic rings. The number of phenolic OH excluding ortho intramolecular Hbond substituents is 1. The molecule has 0 aromatic heterocycles. The van der Waals surface area contributed by atoms with E-state index >= 15 is 0 Å². The first kappa shape index (κ1) is 19.1. The molecular formula is C19H21N3O4S. The Bertz CT molecular complexity index is 951. The minimum absolute atomic E-state index is 0.0464. The van der Waals surface area contributed by atoms with Crippen LogP contribution in [-0.2, 0) is 10.0 Å². The van der Waals surface area contributed by atoms with Crippen LogP contribution in [-0.4, -0.2) is 43.0 Å². The maximum absolute atomic E-state index is 12.7. The van der Waals surface area contributed by atoms with Crippen LogP contribution in [0.25, 0.3) is 0 Å². The lowest BCUT2D eigenvalue weighted by atomic mass is 10.2. The number of para-hydroxylation sites is 1. The van der Waals surface area contributed by atoms with Crippen LogP contribution in [0.1, 0.15) is 35.2 Å². The molecule has 0 aliphatic carbocycles. The van der Waals surface area contributed by atoms with Crippen LogP contribution in [0.2, 0.25) is 0 Å². The molecule has 0 spiro atoms. The number of nitrogens with one attached hydrogen (secondary N) is 1. The number of rotatable bonds is 5. The average Bonchev–Trinajstić information content (AvgIpc) is 2.70. The highest BCUT2D eigenvalue weighted by molar-refractivity contribution is 7.89. The Morgan fingerprint density at radius 3 is 2.56 bits per heavy atom. The first-order valence-corrected chi connectivity index (χ1v) is 10.1. The molecule has 0 radical (unpaired) electrons. The summed E-state index contributed by atoms with van der Waals surface area (Å²) >= 11 is 0. The zero-order chi connectivity index (χ0) is 19.3. The molecule has 1 fully saturated rings. The lowest BCUT2D eigenvalue weighted by Crippen LogP contribution is -2.35. The third-order valence-electron chi connectivity index (χ3n) is 4.36. The molecule has 8 heteroatoms. The molecule has 1 heterocycles. The number of amides is 1. The van der Waals surface area contributed by atoms with Crippen molar-refractivity contribution in [3.8, 4) is 5.75 Å². The van der Waals surface area contributed by atoms with Crippen molar-refractivity contribution in [2.75, 3.05) is 13.1 Å². The van der Waals surface area contributed by atoms with E-state index in [-0.39, 0.29) is 16.2 Å². The number of hydrazone groups is 1. The largest absolute Gasteiger partial charge is 0.507 e. The number of sulfonamides is 1. The van der Waals surface area contributed by atoms with E-state index in [1.54, 1.807) is 24.3 Å². The maximum atomic E-state index is 12.7. The molecule has 1 aliphatic heterocycles. The van der Waals surface area contributed by atoms with Gasteiger partial charge in [0, 0.05) is 24.2 Å². The summed E-state index contributed by atoms with van der Waals surface area (Å²) in [6.07, 6.45) is 4.05. The molecule has 27 heavy (non-hydrogen) atoms. The molecule has 2 aromatic carbocycles. The van der Waals surface area contributed by atoms with Crippen LogP contribution in [0, 0.1) is 0 Å². The van der Waals surface area contributed by atoms with Crippen LogP contribution in [0.5, 0.6) is 5.75 Å². The molecule has 7 nitrogen and oxygen atoms in total. The van der Waals surface area contributed by atoms with Gasteiger partial charge in [0.1, 0.15) is 5.75 Å². The van der Waals surface area contributed by atoms with Crippen LogP contribution < -0.4 is 5.43 Å². The predicted octanol–water partition coefficient (Wildman–Crippen LogP) is 2.33. The van der Waals surface area contributed by atoms with E-state index in [0.29, 0.717) is 18.7 Å². The van der Waals surface area contributed by atoms with E-state index in [1.165, 1.54) is 34.8 Å². The van der Waals surface area contributed by atoms with Gasteiger partial charge in [0.25, 0.3) is 5.91 Å². The summed E-state index contributed by atoms with van der Waals surface area (Å²) < 4.78 is 26.9. The molecule has 0 saturated carbocycles. The van der Waals surface area contributed by atoms with Gasteiger partial charge in [0.2, 0.25) is 10.0 Å². The normalized spacial score (nSPS) is 15.7. The maximum Gasteiger partial charge on any atom is 0.271 e. The van der Waals surface area contributed by atoms with E-state index in [0.717, 1.165) is 19.3 Å². The van der Waals surface area contributed by atoms with Gasteiger partial charge in [0.15, 0.2) is 0 Å². The van der Waals surface area contributed by atoms with Gasteiger partial charge >= 0.3 is 0 Å². The number of hydrogen-bond donors (Lipinski definition) is 2. The first-order chi connectivity index (χ1) is 13.0. The fourth-order valence-electron chi connectivity index (χ4n) is 2.87. The molecule has 142 valence electrons.